The van der Waals surface area contributed by atoms with Crippen molar-refractivity contribution in [3.63, 3.8) is 0 Å². The molecule has 0 spiro atoms. The molecule has 0 saturated carbocycles. The number of aryl methyl sites for hydroxylation is 1. The average Bonchev–Trinajstić information content (AvgIpc) is 2.43. The molecule has 0 aliphatic heterocycles. The van der Waals surface area contributed by atoms with Crippen LogP contribution in [0.15, 0.2) is 47.4 Å². The smallest absolute Gasteiger partial charge is 0.307 e. The number of nitrogens with one attached hydrogen (secondary N) is 1. The monoisotopic (exact) mass is 323 g/mol. The molecule has 5 nitrogen and oxygen atoms in total. The van der Waals surface area contributed by atoms with E-state index in [0.29, 0.717) is 11.1 Å². The van der Waals surface area contributed by atoms with Crippen molar-refractivity contribution in [3.8, 4) is 0 Å². The molecule has 2 aromatic rings. The number of rotatable bonds is 5. The largest absolute Gasteiger partial charge is 0.481 e. The zero-order valence-electron chi connectivity index (χ0n) is 11.7. The van der Waals surface area contributed by atoms with Crippen molar-refractivity contribution < 1.29 is 22.7 Å². The highest BCUT2D eigenvalue weighted by atomic mass is 32.2. The van der Waals surface area contributed by atoms with Crippen molar-refractivity contribution in [2.75, 3.05) is 4.72 Å². The molecule has 0 aromatic heterocycles. The Kier molecular flexibility index (Phi) is 4.46. The van der Waals surface area contributed by atoms with Crippen LogP contribution < -0.4 is 4.72 Å². The van der Waals surface area contributed by atoms with Gasteiger partial charge in [-0.1, -0.05) is 6.07 Å². The number of aliphatic carboxylic acids is 1. The average molecular weight is 323 g/mol. The lowest BCUT2D eigenvalue weighted by Gasteiger charge is -2.10. The molecular weight excluding hydrogens is 309 g/mol. The summed E-state index contributed by atoms with van der Waals surface area (Å²) in [6, 6.07) is 9.17. The van der Waals surface area contributed by atoms with E-state index < -0.39 is 21.8 Å². The summed E-state index contributed by atoms with van der Waals surface area (Å²) in [5.41, 5.74) is 1.37. The Hall–Kier alpha value is -2.41. The Bertz CT molecular complexity index is 801. The highest BCUT2D eigenvalue weighted by Crippen LogP contribution is 2.19. The SMILES string of the molecule is Cc1cc(S(=O)(=O)Nc2ccc(F)cc2)ccc1CC(=O)O. The summed E-state index contributed by atoms with van der Waals surface area (Å²) in [7, 11) is -3.81. The maximum atomic E-state index is 12.8. The minimum absolute atomic E-state index is 0.0171. The summed E-state index contributed by atoms with van der Waals surface area (Å²) < 4.78 is 39.7. The van der Waals surface area contributed by atoms with E-state index in [4.69, 9.17) is 5.11 Å². The molecule has 2 N–H and O–H groups in total. The third-order valence-corrected chi connectivity index (χ3v) is 4.44. The quantitative estimate of drug-likeness (QED) is 0.886. The molecule has 0 fully saturated rings. The second kappa shape index (κ2) is 6.15. The fourth-order valence-electron chi connectivity index (χ4n) is 1.93. The Morgan fingerprint density at radius 2 is 1.82 bits per heavy atom. The third kappa shape index (κ3) is 3.82. The van der Waals surface area contributed by atoms with Gasteiger partial charge >= 0.3 is 5.97 Å². The van der Waals surface area contributed by atoms with Crippen LogP contribution in [0.4, 0.5) is 10.1 Å². The van der Waals surface area contributed by atoms with Crippen LogP contribution in [0.3, 0.4) is 0 Å². The highest BCUT2D eigenvalue weighted by Gasteiger charge is 2.16. The van der Waals surface area contributed by atoms with E-state index in [0.717, 1.165) is 12.1 Å². The zero-order valence-corrected chi connectivity index (χ0v) is 12.5. The van der Waals surface area contributed by atoms with E-state index in [1.54, 1.807) is 6.92 Å². The number of benzene rings is 2. The molecule has 2 aromatic carbocycles. The van der Waals surface area contributed by atoms with Gasteiger partial charge in [-0.15, -0.1) is 0 Å². The van der Waals surface area contributed by atoms with Gasteiger partial charge in [0, 0.05) is 5.69 Å². The van der Waals surface area contributed by atoms with Gasteiger partial charge in [0.2, 0.25) is 0 Å². The molecule has 7 heteroatoms. The van der Waals surface area contributed by atoms with Crippen LogP contribution in [0.5, 0.6) is 0 Å². The highest BCUT2D eigenvalue weighted by molar-refractivity contribution is 7.92. The van der Waals surface area contributed by atoms with Gasteiger partial charge in [-0.25, -0.2) is 12.8 Å². The summed E-state index contributed by atoms with van der Waals surface area (Å²) in [5, 5.41) is 8.78. The summed E-state index contributed by atoms with van der Waals surface area (Å²) in [6.07, 6.45) is -0.169. The van der Waals surface area contributed by atoms with Gasteiger partial charge in [-0.05, 0) is 54.4 Å². The molecule has 116 valence electrons. The molecular formula is C15H14FNO4S. The first-order valence-corrected chi connectivity index (χ1v) is 7.86. The van der Waals surface area contributed by atoms with Crippen LogP contribution in [-0.2, 0) is 21.2 Å². The fraction of sp³-hybridized carbons (Fsp3) is 0.133. The first-order chi connectivity index (χ1) is 10.3. The lowest BCUT2D eigenvalue weighted by Crippen LogP contribution is -2.13. The summed E-state index contributed by atoms with van der Waals surface area (Å²) in [6.45, 7) is 1.65. The maximum Gasteiger partial charge on any atom is 0.307 e. The predicted octanol–water partition coefficient (Wildman–Crippen LogP) is 2.56. The Morgan fingerprint density at radius 1 is 1.18 bits per heavy atom. The first kappa shape index (κ1) is 16.0. The molecule has 22 heavy (non-hydrogen) atoms. The van der Waals surface area contributed by atoms with Crippen molar-refractivity contribution in [1.29, 1.82) is 0 Å². The summed E-state index contributed by atoms with van der Waals surface area (Å²) in [4.78, 5) is 10.7. The molecule has 0 amide bonds. The minimum atomic E-state index is -3.81. The molecule has 2 rings (SSSR count). The second-order valence-electron chi connectivity index (χ2n) is 4.77. The molecule has 0 saturated heterocycles. The van der Waals surface area contributed by atoms with Gasteiger partial charge in [0.05, 0.1) is 11.3 Å². The predicted molar refractivity (Wildman–Crippen MR) is 79.7 cm³/mol. The molecule has 0 bridgehead atoms. The number of carboxylic acids is 1. The topological polar surface area (TPSA) is 83.5 Å². The molecule has 0 heterocycles. The Labute approximate surface area is 127 Å². The number of hydrogen-bond donors (Lipinski definition) is 2. The number of sulfonamides is 1. The van der Waals surface area contributed by atoms with Gasteiger partial charge in [0.15, 0.2) is 0 Å². The molecule has 0 unspecified atom stereocenters. The maximum absolute atomic E-state index is 12.8. The van der Waals surface area contributed by atoms with Gasteiger partial charge in [-0.3, -0.25) is 9.52 Å². The van der Waals surface area contributed by atoms with Gasteiger partial charge in [0.1, 0.15) is 5.82 Å². The van der Waals surface area contributed by atoms with E-state index >= 15 is 0 Å². The van der Waals surface area contributed by atoms with Crippen molar-refractivity contribution in [1.82, 2.24) is 0 Å². The number of halogens is 1. The number of carbonyl (C=O) groups is 1. The standard InChI is InChI=1S/C15H14FNO4S/c1-10-8-14(7-2-11(10)9-15(18)19)22(20,21)17-13-5-3-12(16)4-6-13/h2-8,17H,9H2,1H3,(H,18,19). The van der Waals surface area contributed by atoms with Gasteiger partial charge in [0.25, 0.3) is 10.0 Å². The fourth-order valence-corrected chi connectivity index (χ4v) is 3.07. The number of anilines is 1. The third-order valence-electron chi connectivity index (χ3n) is 3.06. The van der Waals surface area contributed by atoms with Crippen LogP contribution in [0.2, 0.25) is 0 Å². The van der Waals surface area contributed by atoms with E-state index in [1.807, 2.05) is 0 Å². The van der Waals surface area contributed by atoms with Crippen molar-refractivity contribution in [3.05, 3.63) is 59.4 Å². The van der Waals surface area contributed by atoms with Crippen LogP contribution >= 0.6 is 0 Å². The molecule has 0 aliphatic carbocycles. The normalized spacial score (nSPS) is 11.2. The van der Waals surface area contributed by atoms with Crippen LogP contribution in [0.1, 0.15) is 11.1 Å². The zero-order chi connectivity index (χ0) is 16.3. The van der Waals surface area contributed by atoms with E-state index in [2.05, 4.69) is 4.72 Å². The van der Waals surface area contributed by atoms with Crippen molar-refractivity contribution in [2.45, 2.75) is 18.2 Å². The van der Waals surface area contributed by atoms with E-state index in [9.17, 15) is 17.6 Å². The van der Waals surface area contributed by atoms with E-state index in [-0.39, 0.29) is 17.0 Å². The minimum Gasteiger partial charge on any atom is -0.481 e. The lowest BCUT2D eigenvalue weighted by molar-refractivity contribution is -0.136. The number of hydrogen-bond acceptors (Lipinski definition) is 3. The molecule has 0 radical (unpaired) electrons. The van der Waals surface area contributed by atoms with Crippen LogP contribution in [0, 0.1) is 12.7 Å². The van der Waals surface area contributed by atoms with Gasteiger partial charge in [-0.2, -0.15) is 0 Å². The van der Waals surface area contributed by atoms with Crippen LogP contribution in [0.25, 0.3) is 0 Å². The number of carboxylic acid groups (broad SMARTS) is 1. The Morgan fingerprint density at radius 3 is 2.36 bits per heavy atom. The second-order valence-corrected chi connectivity index (χ2v) is 6.45. The van der Waals surface area contributed by atoms with Crippen molar-refractivity contribution >= 4 is 21.7 Å². The Balaban J connectivity index is 2.27. The lowest BCUT2D eigenvalue weighted by atomic mass is 10.1. The summed E-state index contributed by atoms with van der Waals surface area (Å²) in [5.74, 6) is -1.44. The first-order valence-electron chi connectivity index (χ1n) is 6.37. The summed E-state index contributed by atoms with van der Waals surface area (Å²) >= 11 is 0. The van der Waals surface area contributed by atoms with Crippen molar-refractivity contribution in [2.24, 2.45) is 0 Å². The van der Waals surface area contributed by atoms with Gasteiger partial charge < -0.3 is 5.11 Å². The van der Waals surface area contributed by atoms with Crippen LogP contribution in [-0.4, -0.2) is 19.5 Å². The van der Waals surface area contributed by atoms with E-state index in [1.165, 1.54) is 30.3 Å². The molecule has 0 aliphatic rings. The molecule has 0 atom stereocenters.